The number of rotatable bonds is 6. The van der Waals surface area contributed by atoms with Crippen LogP contribution in [0.1, 0.15) is 22.0 Å². The highest BCUT2D eigenvalue weighted by Gasteiger charge is 2.38. The molecule has 180 valence electrons. The average Bonchev–Trinajstić information content (AvgIpc) is 2.83. The third kappa shape index (κ3) is 7.74. The number of carbonyl (C=O) groups excluding carboxylic acids is 1. The van der Waals surface area contributed by atoms with E-state index >= 15 is 0 Å². The van der Waals surface area contributed by atoms with E-state index in [1.54, 1.807) is 18.2 Å². The van der Waals surface area contributed by atoms with Crippen molar-refractivity contribution >= 4 is 17.6 Å². The fourth-order valence-corrected chi connectivity index (χ4v) is 3.20. The van der Waals surface area contributed by atoms with Crippen LogP contribution in [0.2, 0.25) is 0 Å². The lowest BCUT2D eigenvalue weighted by molar-refractivity contribution is -0.192. The Labute approximate surface area is 188 Å². The minimum Gasteiger partial charge on any atom is -0.475 e. The Kier molecular flexibility index (Phi) is 9.64. The lowest BCUT2D eigenvalue weighted by Crippen LogP contribution is -2.45. The van der Waals surface area contributed by atoms with Gasteiger partial charge >= 0.3 is 12.1 Å². The van der Waals surface area contributed by atoms with E-state index in [2.05, 4.69) is 15.5 Å². The second-order valence-corrected chi connectivity index (χ2v) is 7.18. The number of halogens is 3. The molecule has 0 aromatic heterocycles. The van der Waals surface area contributed by atoms with Gasteiger partial charge in [-0.25, -0.2) is 4.79 Å². The van der Waals surface area contributed by atoms with Crippen molar-refractivity contribution in [3.8, 4) is 0 Å². The first-order chi connectivity index (χ1) is 15.6. The molecule has 2 aromatic rings. The van der Waals surface area contributed by atoms with Gasteiger partial charge in [-0.2, -0.15) is 13.2 Å². The minimum absolute atomic E-state index is 0.298. The van der Waals surface area contributed by atoms with E-state index in [1.165, 1.54) is 0 Å². The van der Waals surface area contributed by atoms with Gasteiger partial charge in [-0.05, 0) is 17.7 Å². The Morgan fingerprint density at radius 2 is 1.58 bits per heavy atom. The van der Waals surface area contributed by atoms with Crippen molar-refractivity contribution in [1.29, 1.82) is 0 Å². The lowest BCUT2D eigenvalue weighted by Gasteiger charge is -2.31. The monoisotopic (exact) mass is 469 g/mol. The summed E-state index contributed by atoms with van der Waals surface area (Å²) in [6.45, 7) is 3.07. The molecular weight excluding hydrogens is 443 g/mol. The topological polar surface area (TPSA) is 122 Å². The first kappa shape index (κ1) is 26.1. The summed E-state index contributed by atoms with van der Waals surface area (Å²) in [5.74, 6) is -3.05. The van der Waals surface area contributed by atoms with Crippen LogP contribution >= 0.6 is 0 Å². The summed E-state index contributed by atoms with van der Waals surface area (Å²) in [6.07, 6.45) is -6.06. The van der Waals surface area contributed by atoms with Crippen LogP contribution in [0.3, 0.4) is 0 Å². The van der Waals surface area contributed by atoms with Crippen LogP contribution in [0.15, 0.2) is 54.6 Å². The molecule has 0 aliphatic carbocycles. The number of piperazine rings is 1. The zero-order valence-corrected chi connectivity index (χ0v) is 17.6. The first-order valence-electron chi connectivity index (χ1n) is 10.1. The molecule has 1 amide bonds. The summed E-state index contributed by atoms with van der Waals surface area (Å²) in [5.41, 5.74) is 2.08. The van der Waals surface area contributed by atoms with Gasteiger partial charge < -0.3 is 30.9 Å². The number of anilines is 1. The number of carboxylic acid groups (broad SMARTS) is 1. The van der Waals surface area contributed by atoms with Crippen LogP contribution in [0, 0.1) is 0 Å². The van der Waals surface area contributed by atoms with E-state index in [4.69, 9.17) is 9.90 Å². The molecule has 0 saturated carbocycles. The van der Waals surface area contributed by atoms with Crippen molar-refractivity contribution in [2.24, 2.45) is 0 Å². The number of aliphatic hydroxyl groups excluding tert-OH is 2. The molecule has 0 radical (unpaired) electrons. The van der Waals surface area contributed by atoms with Crippen molar-refractivity contribution in [2.45, 2.75) is 18.3 Å². The molecular formula is C22H26F3N3O5. The molecule has 0 bridgehead atoms. The maximum atomic E-state index is 12.8. The summed E-state index contributed by atoms with van der Waals surface area (Å²) in [4.78, 5) is 23.9. The molecule has 1 saturated heterocycles. The molecule has 2 unspecified atom stereocenters. The van der Waals surface area contributed by atoms with Gasteiger partial charge in [0.15, 0.2) is 0 Å². The Hall–Kier alpha value is -3.15. The number of alkyl halides is 3. The molecule has 2 aromatic carbocycles. The number of carboxylic acids is 1. The van der Waals surface area contributed by atoms with E-state index < -0.39 is 24.3 Å². The third-order valence-corrected chi connectivity index (χ3v) is 4.88. The van der Waals surface area contributed by atoms with Gasteiger partial charge in [0.1, 0.15) is 6.10 Å². The maximum absolute atomic E-state index is 12.8. The molecule has 1 fully saturated rings. The van der Waals surface area contributed by atoms with E-state index in [9.17, 15) is 28.2 Å². The van der Waals surface area contributed by atoms with E-state index in [0.717, 1.165) is 31.9 Å². The van der Waals surface area contributed by atoms with E-state index in [-0.39, 0.29) is 12.5 Å². The smallest absolute Gasteiger partial charge is 0.475 e. The number of benzene rings is 2. The third-order valence-electron chi connectivity index (χ3n) is 4.88. The van der Waals surface area contributed by atoms with Crippen molar-refractivity contribution < 1.29 is 38.1 Å². The second-order valence-electron chi connectivity index (χ2n) is 7.18. The number of nitrogens with zero attached hydrogens (tertiary/aromatic N) is 1. The number of hydrogen-bond donors (Lipinski definition) is 5. The maximum Gasteiger partial charge on any atom is 0.490 e. The molecule has 5 N–H and O–H groups in total. The zero-order chi connectivity index (χ0) is 24.4. The average molecular weight is 469 g/mol. The predicted octanol–water partition coefficient (Wildman–Crippen LogP) is 1.55. The number of carbonyl (C=O) groups is 2. The fourth-order valence-electron chi connectivity index (χ4n) is 3.20. The number of para-hydroxylation sites is 1. The zero-order valence-electron chi connectivity index (χ0n) is 17.6. The molecule has 8 nitrogen and oxygen atoms in total. The summed E-state index contributed by atoms with van der Waals surface area (Å²) >= 11 is 0. The van der Waals surface area contributed by atoms with E-state index in [1.807, 2.05) is 36.4 Å². The highest BCUT2D eigenvalue weighted by molar-refractivity contribution is 6.00. The Balaban J connectivity index is 0.000000479. The van der Waals surface area contributed by atoms with E-state index in [0.29, 0.717) is 11.1 Å². The Morgan fingerprint density at radius 3 is 2.12 bits per heavy atom. The lowest BCUT2D eigenvalue weighted by atomic mass is 10.0. The summed E-state index contributed by atoms with van der Waals surface area (Å²) in [6, 6.07) is 15.7. The summed E-state index contributed by atoms with van der Waals surface area (Å²) in [5, 5.41) is 33.4. The number of amides is 1. The van der Waals surface area contributed by atoms with Gasteiger partial charge in [0, 0.05) is 31.9 Å². The van der Waals surface area contributed by atoms with Crippen LogP contribution in [-0.2, 0) is 4.79 Å². The first-order valence-corrected chi connectivity index (χ1v) is 10.1. The Morgan fingerprint density at radius 1 is 1.03 bits per heavy atom. The largest absolute Gasteiger partial charge is 0.490 e. The number of hydrogen-bond acceptors (Lipinski definition) is 6. The van der Waals surface area contributed by atoms with Gasteiger partial charge in [-0.3, -0.25) is 4.79 Å². The van der Waals surface area contributed by atoms with Crippen LogP contribution in [0.25, 0.3) is 0 Å². The standard InChI is InChI=1S/C20H25N3O3.C2HF3O2/c24-14-17(19(25)15-6-2-1-3-7-15)22-20(26)16-8-4-5-9-18(16)23-12-10-21-11-13-23;3-2(4,5)1(6)7/h1-9,17,19,21,24-25H,10-14H2,(H,22,26);(H,6,7). The van der Waals surface area contributed by atoms with Crippen molar-refractivity contribution in [3.05, 3.63) is 65.7 Å². The van der Waals surface area contributed by atoms with Crippen LogP contribution in [0.5, 0.6) is 0 Å². The van der Waals surface area contributed by atoms with Gasteiger partial charge in [0.05, 0.1) is 18.2 Å². The SMILES string of the molecule is O=C(NC(CO)C(O)c1ccccc1)c1ccccc1N1CCNCC1.O=C(O)C(F)(F)F. The molecule has 1 aliphatic rings. The number of aliphatic hydroxyl groups is 2. The van der Waals surface area contributed by atoms with Crippen LogP contribution in [-0.4, -0.2) is 72.2 Å². The fraction of sp³-hybridized carbons (Fsp3) is 0.364. The molecule has 1 heterocycles. The van der Waals surface area contributed by atoms with Crippen molar-refractivity contribution in [2.75, 3.05) is 37.7 Å². The normalized spacial score (nSPS) is 15.6. The molecule has 2 atom stereocenters. The molecule has 33 heavy (non-hydrogen) atoms. The molecule has 0 spiro atoms. The molecule has 3 rings (SSSR count). The van der Waals surface area contributed by atoms with Gasteiger partial charge in [0.25, 0.3) is 5.91 Å². The second kappa shape index (κ2) is 12.2. The van der Waals surface area contributed by atoms with Crippen LogP contribution < -0.4 is 15.5 Å². The van der Waals surface area contributed by atoms with Crippen molar-refractivity contribution in [1.82, 2.24) is 10.6 Å². The van der Waals surface area contributed by atoms with Crippen LogP contribution in [0.4, 0.5) is 18.9 Å². The van der Waals surface area contributed by atoms with Gasteiger partial charge in [-0.1, -0.05) is 42.5 Å². The highest BCUT2D eigenvalue weighted by atomic mass is 19.4. The molecule has 11 heteroatoms. The highest BCUT2D eigenvalue weighted by Crippen LogP contribution is 2.22. The minimum atomic E-state index is -5.08. The summed E-state index contributed by atoms with van der Waals surface area (Å²) in [7, 11) is 0. The van der Waals surface area contributed by atoms with Gasteiger partial charge in [0.2, 0.25) is 0 Å². The number of aliphatic carboxylic acids is 1. The predicted molar refractivity (Wildman–Crippen MR) is 115 cm³/mol. The summed E-state index contributed by atoms with van der Waals surface area (Å²) < 4.78 is 31.7. The van der Waals surface area contributed by atoms with Crippen molar-refractivity contribution in [3.63, 3.8) is 0 Å². The quantitative estimate of drug-likeness (QED) is 0.435. The molecule has 1 aliphatic heterocycles. The Bertz CT molecular complexity index is 906. The van der Waals surface area contributed by atoms with Gasteiger partial charge in [-0.15, -0.1) is 0 Å². The number of nitrogens with one attached hydrogen (secondary N) is 2.